The number of H-pyrrole nitrogens is 1. The number of imidazole rings is 1. The van der Waals surface area contributed by atoms with E-state index >= 15 is 0 Å². The Morgan fingerprint density at radius 2 is 1.73 bits per heavy atom. The van der Waals surface area contributed by atoms with E-state index in [1.54, 1.807) is 24.7 Å². The molecule has 37 heavy (non-hydrogen) atoms. The second-order valence-electron chi connectivity index (χ2n) is 8.61. The van der Waals surface area contributed by atoms with Crippen molar-refractivity contribution >= 4 is 12.2 Å². The number of hydrogen-bond donors (Lipinski definition) is 3. The Morgan fingerprint density at radius 1 is 1.03 bits per heavy atom. The van der Waals surface area contributed by atoms with Crippen LogP contribution in [0.25, 0.3) is 0 Å². The van der Waals surface area contributed by atoms with Crippen LogP contribution in [-0.2, 0) is 0 Å². The number of nitrogens with one attached hydrogen (secondary N) is 2. The molecular formula is C28H31N7O2. The molecule has 9 heteroatoms. The standard InChI is InChI=1S/C24H27N5O.C4H4N2O/c25-27-17-22-18-28(24(30)21-12-7-13-26-16-21)14-15-29(22)23(19-8-3-1-4-9-19)20-10-5-2-6-11-20;7-3-4-5-1-2-6-4/h1-13,16,22-23,27H,14-15,17-18,25H2;1-3H,(H,5,6). The fourth-order valence-electron chi connectivity index (χ4n) is 4.57. The zero-order valence-electron chi connectivity index (χ0n) is 20.5. The fourth-order valence-corrected chi connectivity index (χ4v) is 4.57. The zero-order valence-corrected chi connectivity index (χ0v) is 20.5. The summed E-state index contributed by atoms with van der Waals surface area (Å²) in [5.41, 5.74) is 5.92. The maximum absolute atomic E-state index is 13.0. The van der Waals surface area contributed by atoms with Gasteiger partial charge in [0.05, 0.1) is 11.6 Å². The third-order valence-electron chi connectivity index (χ3n) is 6.27. The van der Waals surface area contributed by atoms with Gasteiger partial charge in [-0.3, -0.25) is 30.7 Å². The molecule has 1 amide bonds. The minimum Gasteiger partial charge on any atom is -0.342 e. The van der Waals surface area contributed by atoms with Crippen LogP contribution in [0.1, 0.15) is 38.1 Å². The maximum Gasteiger partial charge on any atom is 0.255 e. The smallest absolute Gasteiger partial charge is 0.255 e. The predicted octanol–water partition coefficient (Wildman–Crippen LogP) is 2.68. The molecule has 1 aliphatic rings. The summed E-state index contributed by atoms with van der Waals surface area (Å²) in [6.07, 6.45) is 7.11. The van der Waals surface area contributed by atoms with E-state index in [4.69, 9.17) is 5.84 Å². The molecule has 0 aliphatic carbocycles. The van der Waals surface area contributed by atoms with Crippen molar-refractivity contribution in [3.8, 4) is 0 Å². The number of nitrogens with zero attached hydrogens (tertiary/aromatic N) is 4. The molecule has 0 bridgehead atoms. The molecule has 2 aromatic carbocycles. The van der Waals surface area contributed by atoms with Gasteiger partial charge < -0.3 is 9.88 Å². The minimum absolute atomic E-state index is 0.0146. The van der Waals surface area contributed by atoms with Crippen LogP contribution < -0.4 is 11.3 Å². The summed E-state index contributed by atoms with van der Waals surface area (Å²) >= 11 is 0. The first-order valence-corrected chi connectivity index (χ1v) is 12.1. The summed E-state index contributed by atoms with van der Waals surface area (Å²) in [4.78, 5) is 37.4. The van der Waals surface area contributed by atoms with E-state index in [0.717, 1.165) is 6.54 Å². The molecule has 1 aliphatic heterocycles. The molecular weight excluding hydrogens is 466 g/mol. The summed E-state index contributed by atoms with van der Waals surface area (Å²) in [6.45, 7) is 2.61. The van der Waals surface area contributed by atoms with Crippen molar-refractivity contribution in [3.63, 3.8) is 0 Å². The van der Waals surface area contributed by atoms with Gasteiger partial charge in [-0.15, -0.1) is 0 Å². The molecule has 0 spiro atoms. The van der Waals surface area contributed by atoms with Crippen molar-refractivity contribution in [3.05, 3.63) is 120 Å². The van der Waals surface area contributed by atoms with Crippen LogP contribution in [0.3, 0.4) is 0 Å². The van der Waals surface area contributed by atoms with Crippen molar-refractivity contribution in [2.75, 3.05) is 26.2 Å². The van der Waals surface area contributed by atoms with Crippen molar-refractivity contribution in [2.24, 2.45) is 5.84 Å². The summed E-state index contributed by atoms with van der Waals surface area (Å²) in [6, 6.07) is 24.8. The lowest BCUT2D eigenvalue weighted by Crippen LogP contribution is -2.59. The Hall–Kier alpha value is -4.18. The average molecular weight is 498 g/mol. The molecule has 4 aromatic rings. The monoisotopic (exact) mass is 497 g/mol. The summed E-state index contributed by atoms with van der Waals surface area (Å²) in [5.74, 6) is 6.13. The van der Waals surface area contributed by atoms with Gasteiger partial charge in [-0.1, -0.05) is 60.7 Å². The fraction of sp³-hybridized carbons (Fsp3) is 0.214. The quantitative estimate of drug-likeness (QED) is 0.204. The number of pyridine rings is 1. The van der Waals surface area contributed by atoms with Crippen molar-refractivity contribution in [1.29, 1.82) is 0 Å². The number of aromatic nitrogens is 3. The number of benzene rings is 2. The molecule has 9 nitrogen and oxygen atoms in total. The van der Waals surface area contributed by atoms with Gasteiger partial charge in [-0.25, -0.2) is 4.98 Å². The van der Waals surface area contributed by atoms with E-state index in [1.165, 1.54) is 17.3 Å². The molecule has 4 N–H and O–H groups in total. The Labute approximate surface area is 216 Å². The van der Waals surface area contributed by atoms with Crippen LogP contribution in [0, 0.1) is 0 Å². The van der Waals surface area contributed by atoms with Gasteiger partial charge in [-0.2, -0.15) is 0 Å². The molecule has 0 radical (unpaired) electrons. The SMILES string of the molecule is NNCC1CN(C(=O)c2cccnc2)CCN1C(c1ccccc1)c1ccccc1.O=Cc1ncc[nH]1. The van der Waals surface area contributed by atoms with Crippen molar-refractivity contribution in [1.82, 2.24) is 30.2 Å². The van der Waals surface area contributed by atoms with Gasteiger partial charge in [0.25, 0.3) is 5.91 Å². The number of carbonyl (C=O) groups excluding carboxylic acids is 2. The van der Waals surface area contributed by atoms with Gasteiger partial charge in [-0.05, 0) is 23.3 Å². The molecule has 1 unspecified atom stereocenters. The van der Waals surface area contributed by atoms with Crippen LogP contribution in [0.2, 0.25) is 0 Å². The van der Waals surface area contributed by atoms with E-state index in [9.17, 15) is 9.59 Å². The highest BCUT2D eigenvalue weighted by Gasteiger charge is 2.35. The lowest BCUT2D eigenvalue weighted by Gasteiger charge is -2.45. The number of amides is 1. The lowest BCUT2D eigenvalue weighted by atomic mass is 9.94. The Bertz CT molecular complexity index is 1180. The Balaban J connectivity index is 0.000000396. The van der Waals surface area contributed by atoms with E-state index in [-0.39, 0.29) is 18.0 Å². The largest absolute Gasteiger partial charge is 0.342 e. The zero-order chi connectivity index (χ0) is 25.9. The van der Waals surface area contributed by atoms with Crippen LogP contribution in [0.4, 0.5) is 0 Å². The summed E-state index contributed by atoms with van der Waals surface area (Å²) in [5, 5.41) is 0. The minimum atomic E-state index is 0.0146. The average Bonchev–Trinajstić information content (AvgIpc) is 3.50. The highest BCUT2D eigenvalue weighted by molar-refractivity contribution is 5.94. The maximum atomic E-state index is 13.0. The molecule has 1 saturated heterocycles. The van der Waals surface area contributed by atoms with Crippen molar-refractivity contribution < 1.29 is 9.59 Å². The van der Waals surface area contributed by atoms with Gasteiger partial charge in [0.2, 0.25) is 0 Å². The predicted molar refractivity (Wildman–Crippen MR) is 142 cm³/mol. The lowest BCUT2D eigenvalue weighted by molar-refractivity contribution is 0.0384. The first-order chi connectivity index (χ1) is 18.2. The van der Waals surface area contributed by atoms with Gasteiger partial charge in [0, 0.05) is 57.0 Å². The van der Waals surface area contributed by atoms with Crippen LogP contribution in [0.5, 0.6) is 0 Å². The molecule has 0 saturated carbocycles. The first kappa shape index (κ1) is 25.9. The Morgan fingerprint density at radius 3 is 2.24 bits per heavy atom. The number of piperazine rings is 1. The van der Waals surface area contributed by atoms with Gasteiger partial charge >= 0.3 is 0 Å². The number of carbonyl (C=O) groups is 2. The number of hydrogen-bond acceptors (Lipinski definition) is 7. The highest BCUT2D eigenvalue weighted by atomic mass is 16.2. The number of hydrazine groups is 1. The third kappa shape index (κ3) is 6.73. The van der Waals surface area contributed by atoms with Crippen LogP contribution in [-0.4, -0.2) is 69.2 Å². The number of aromatic amines is 1. The van der Waals surface area contributed by atoms with Crippen LogP contribution >= 0.6 is 0 Å². The van der Waals surface area contributed by atoms with Crippen LogP contribution in [0.15, 0.2) is 97.6 Å². The van der Waals surface area contributed by atoms with Gasteiger partial charge in [0.15, 0.2) is 12.1 Å². The molecule has 3 heterocycles. The molecule has 1 fully saturated rings. The van der Waals surface area contributed by atoms with Crippen molar-refractivity contribution in [2.45, 2.75) is 12.1 Å². The topological polar surface area (TPSA) is 120 Å². The van der Waals surface area contributed by atoms with E-state index in [0.29, 0.717) is 37.3 Å². The second-order valence-corrected chi connectivity index (χ2v) is 8.61. The summed E-state index contributed by atoms with van der Waals surface area (Å²) in [7, 11) is 0. The second kappa shape index (κ2) is 13.2. The number of nitrogens with two attached hydrogens (primary N) is 1. The molecule has 190 valence electrons. The first-order valence-electron chi connectivity index (χ1n) is 12.1. The third-order valence-corrected chi connectivity index (χ3v) is 6.27. The van der Waals surface area contributed by atoms with E-state index in [2.05, 4.69) is 73.8 Å². The van der Waals surface area contributed by atoms with E-state index in [1.807, 2.05) is 23.1 Å². The highest BCUT2D eigenvalue weighted by Crippen LogP contribution is 2.32. The molecule has 2 aromatic heterocycles. The van der Waals surface area contributed by atoms with E-state index < -0.39 is 0 Å². The molecule has 1 atom stereocenters. The van der Waals surface area contributed by atoms with Gasteiger partial charge in [0.1, 0.15) is 0 Å². The Kier molecular flexibility index (Phi) is 9.25. The molecule has 5 rings (SSSR count). The number of aldehydes is 1. The normalized spacial score (nSPS) is 15.6. The number of rotatable bonds is 7. The summed E-state index contributed by atoms with van der Waals surface area (Å²) < 4.78 is 0.